The van der Waals surface area contributed by atoms with Crippen LogP contribution in [0.25, 0.3) is 0 Å². The van der Waals surface area contributed by atoms with Crippen LogP contribution in [0.15, 0.2) is 24.3 Å². The minimum absolute atomic E-state index is 0.210. The number of rotatable bonds is 12. The molecule has 1 aromatic carbocycles. The quantitative estimate of drug-likeness (QED) is 0.304. The molecular weight excluding hydrogens is 360 g/mol. The van der Waals surface area contributed by atoms with E-state index >= 15 is 0 Å². The van der Waals surface area contributed by atoms with Gasteiger partial charge in [-0.15, -0.1) is 0 Å². The summed E-state index contributed by atoms with van der Waals surface area (Å²) in [6, 6.07) is 7.54. The summed E-state index contributed by atoms with van der Waals surface area (Å²) in [5.41, 5.74) is 1.80. The first-order valence-corrected chi connectivity index (χ1v) is 12.5. The summed E-state index contributed by atoms with van der Waals surface area (Å²) in [6.45, 7) is 2.52. The number of hydrogen-bond acceptors (Lipinski definition) is 4. The highest BCUT2D eigenvalue weighted by Crippen LogP contribution is 2.27. The van der Waals surface area contributed by atoms with E-state index < -0.39 is 0 Å². The Morgan fingerprint density at radius 1 is 0.962 bits per heavy atom. The number of unbranched alkanes of at least 4 members (excludes halogenated alkanes) is 1. The molecule has 0 N–H and O–H groups in total. The monoisotopic (exact) mass is 394 g/mol. The van der Waals surface area contributed by atoms with Gasteiger partial charge >= 0.3 is 5.97 Å². The highest BCUT2D eigenvalue weighted by Gasteiger charge is 2.12. The predicted octanol–water partition coefficient (Wildman–Crippen LogP) is 6.37. The first-order valence-electron chi connectivity index (χ1n) is 10.1. The average Bonchev–Trinajstić information content (AvgIpc) is 2.67. The van der Waals surface area contributed by atoms with Gasteiger partial charge in [0, 0.05) is 17.3 Å². The summed E-state index contributed by atoms with van der Waals surface area (Å²) in [5.74, 6) is 5.37. The molecule has 0 spiro atoms. The van der Waals surface area contributed by atoms with Crippen LogP contribution in [0.2, 0.25) is 0 Å². The highest BCUT2D eigenvalue weighted by molar-refractivity contribution is 8.02. The van der Waals surface area contributed by atoms with Gasteiger partial charge in [0.05, 0.1) is 5.56 Å². The van der Waals surface area contributed by atoms with Crippen LogP contribution in [0.1, 0.15) is 67.3 Å². The number of hydrogen-bond donors (Lipinski definition) is 0. The molecule has 1 aliphatic rings. The van der Waals surface area contributed by atoms with Crippen LogP contribution in [0.3, 0.4) is 0 Å². The Kier molecular flexibility index (Phi) is 11.3. The Bertz CT molecular complexity index is 495. The van der Waals surface area contributed by atoms with E-state index in [9.17, 15) is 4.79 Å². The zero-order valence-corrected chi connectivity index (χ0v) is 17.8. The van der Waals surface area contributed by atoms with E-state index in [1.54, 1.807) is 0 Å². The summed E-state index contributed by atoms with van der Waals surface area (Å²) in [7, 11) is 0. The first kappa shape index (κ1) is 21.7. The Labute approximate surface area is 168 Å². The fourth-order valence-corrected chi connectivity index (χ4v) is 5.36. The smallest absolute Gasteiger partial charge is 0.338 e. The molecule has 0 radical (unpaired) electrons. The van der Waals surface area contributed by atoms with Gasteiger partial charge in [0.2, 0.25) is 0 Å². The van der Waals surface area contributed by atoms with Gasteiger partial charge in [-0.1, -0.05) is 62.6 Å². The maximum Gasteiger partial charge on any atom is 0.338 e. The lowest BCUT2D eigenvalue weighted by Crippen LogP contribution is -2.08. The second-order valence-corrected chi connectivity index (χ2v) is 9.68. The number of ether oxygens (including phenoxy) is 1. The van der Waals surface area contributed by atoms with Gasteiger partial charge in [0.15, 0.2) is 0 Å². The molecule has 1 aliphatic carbocycles. The Morgan fingerprint density at radius 2 is 1.65 bits per heavy atom. The molecule has 0 saturated heterocycles. The predicted molar refractivity (Wildman–Crippen MR) is 117 cm³/mol. The molecule has 0 atom stereocenters. The van der Waals surface area contributed by atoms with Gasteiger partial charge in [-0.2, -0.15) is 23.5 Å². The van der Waals surface area contributed by atoms with Gasteiger partial charge in [-0.25, -0.2) is 4.79 Å². The minimum atomic E-state index is -0.210. The SMILES string of the molecule is Cc1ccc(C(=O)OCCSCCSCCCCC2CCCCC2)cc1. The molecule has 0 aliphatic heterocycles. The standard InChI is InChI=1S/C22H34O2S2/c1-19-10-12-21(13-11-19)22(23)24-14-16-26-18-17-25-15-6-5-9-20-7-3-2-4-8-20/h10-13,20H,2-9,14-18H2,1H3. The van der Waals surface area contributed by atoms with Crippen LogP contribution in [-0.2, 0) is 4.74 Å². The van der Waals surface area contributed by atoms with E-state index in [0.29, 0.717) is 12.2 Å². The zero-order chi connectivity index (χ0) is 18.5. The lowest BCUT2D eigenvalue weighted by molar-refractivity contribution is 0.0530. The van der Waals surface area contributed by atoms with Crippen LogP contribution in [0, 0.1) is 12.8 Å². The van der Waals surface area contributed by atoms with Crippen molar-refractivity contribution in [3.8, 4) is 0 Å². The van der Waals surface area contributed by atoms with E-state index in [0.717, 1.165) is 23.0 Å². The van der Waals surface area contributed by atoms with Crippen molar-refractivity contribution in [3.05, 3.63) is 35.4 Å². The number of carbonyl (C=O) groups is 1. The molecule has 146 valence electrons. The normalized spacial score (nSPS) is 15.1. The average molecular weight is 395 g/mol. The summed E-state index contributed by atoms with van der Waals surface area (Å²) in [4.78, 5) is 11.9. The molecule has 1 aromatic rings. The summed E-state index contributed by atoms with van der Waals surface area (Å²) < 4.78 is 5.32. The number of aryl methyl sites for hydroxylation is 1. The third kappa shape index (κ3) is 9.36. The second-order valence-electron chi connectivity index (χ2n) is 7.23. The van der Waals surface area contributed by atoms with Crippen molar-refractivity contribution in [3.63, 3.8) is 0 Å². The molecule has 2 nitrogen and oxygen atoms in total. The molecule has 0 bridgehead atoms. The van der Waals surface area contributed by atoms with Gasteiger partial charge in [0.25, 0.3) is 0 Å². The van der Waals surface area contributed by atoms with Crippen LogP contribution in [0.5, 0.6) is 0 Å². The lowest BCUT2D eigenvalue weighted by atomic mass is 9.86. The van der Waals surface area contributed by atoms with E-state index in [2.05, 4.69) is 11.8 Å². The summed E-state index contributed by atoms with van der Waals surface area (Å²) >= 11 is 3.96. The van der Waals surface area contributed by atoms with Crippen LogP contribution >= 0.6 is 23.5 Å². The van der Waals surface area contributed by atoms with Crippen LogP contribution in [-0.4, -0.2) is 35.6 Å². The van der Waals surface area contributed by atoms with Crippen molar-refractivity contribution >= 4 is 29.5 Å². The molecule has 0 aromatic heterocycles. The Morgan fingerprint density at radius 3 is 2.38 bits per heavy atom. The Hall–Kier alpha value is -0.610. The van der Waals surface area contributed by atoms with Crippen LogP contribution in [0.4, 0.5) is 0 Å². The van der Waals surface area contributed by atoms with Gasteiger partial charge in [-0.3, -0.25) is 0 Å². The molecule has 2 rings (SSSR count). The largest absolute Gasteiger partial charge is 0.461 e. The van der Waals surface area contributed by atoms with E-state index in [4.69, 9.17) is 4.74 Å². The fraction of sp³-hybridized carbons (Fsp3) is 0.682. The van der Waals surface area contributed by atoms with Crippen LogP contribution < -0.4 is 0 Å². The third-order valence-electron chi connectivity index (χ3n) is 5.00. The third-order valence-corrected chi connectivity index (χ3v) is 7.27. The Balaban J connectivity index is 1.35. The van der Waals surface area contributed by atoms with Crippen molar-refractivity contribution in [1.82, 2.24) is 0 Å². The number of carbonyl (C=O) groups excluding carboxylic acids is 1. The van der Waals surface area contributed by atoms with E-state index in [-0.39, 0.29) is 5.97 Å². The molecule has 0 heterocycles. The summed E-state index contributed by atoms with van der Waals surface area (Å²) in [5, 5.41) is 0. The molecule has 4 heteroatoms. The molecule has 26 heavy (non-hydrogen) atoms. The van der Waals surface area contributed by atoms with Gasteiger partial charge < -0.3 is 4.74 Å². The van der Waals surface area contributed by atoms with Crippen molar-refractivity contribution < 1.29 is 9.53 Å². The molecule has 1 fully saturated rings. The molecule has 0 unspecified atom stereocenters. The highest BCUT2D eigenvalue weighted by atomic mass is 32.2. The number of benzene rings is 1. The molecule has 1 saturated carbocycles. The second kappa shape index (κ2) is 13.5. The van der Waals surface area contributed by atoms with E-state index in [1.807, 2.05) is 43.0 Å². The van der Waals surface area contributed by atoms with Gasteiger partial charge in [-0.05, 0) is 37.1 Å². The van der Waals surface area contributed by atoms with Gasteiger partial charge in [0.1, 0.15) is 6.61 Å². The molecular formula is C22H34O2S2. The van der Waals surface area contributed by atoms with E-state index in [1.165, 1.54) is 62.9 Å². The number of thioether (sulfide) groups is 2. The zero-order valence-electron chi connectivity index (χ0n) is 16.2. The van der Waals surface area contributed by atoms with Crippen molar-refractivity contribution in [2.75, 3.05) is 29.6 Å². The topological polar surface area (TPSA) is 26.3 Å². The van der Waals surface area contributed by atoms with Crippen molar-refractivity contribution in [1.29, 1.82) is 0 Å². The maximum absolute atomic E-state index is 11.9. The summed E-state index contributed by atoms with van der Waals surface area (Å²) in [6.07, 6.45) is 11.6. The van der Waals surface area contributed by atoms with Crippen molar-refractivity contribution in [2.45, 2.75) is 58.3 Å². The van der Waals surface area contributed by atoms with Crippen molar-refractivity contribution in [2.24, 2.45) is 5.92 Å². The fourth-order valence-electron chi connectivity index (χ4n) is 3.40. The molecule has 0 amide bonds. The lowest BCUT2D eigenvalue weighted by Gasteiger charge is -2.21. The maximum atomic E-state index is 11.9. The first-order chi connectivity index (χ1) is 12.8. The minimum Gasteiger partial charge on any atom is -0.461 e. The number of esters is 1.